The Labute approximate surface area is 162 Å². The Hall–Kier alpha value is -1.98. The summed E-state index contributed by atoms with van der Waals surface area (Å²) in [5.74, 6) is 0. The van der Waals surface area contributed by atoms with E-state index in [2.05, 4.69) is 45.3 Å². The van der Waals surface area contributed by atoms with E-state index in [0.717, 1.165) is 37.3 Å². The lowest BCUT2D eigenvalue weighted by atomic mass is 9.96. The molecule has 0 spiro atoms. The van der Waals surface area contributed by atoms with Gasteiger partial charge in [-0.05, 0) is 30.5 Å². The lowest BCUT2D eigenvalue weighted by molar-refractivity contribution is 0.203. The minimum Gasteiger partial charge on any atom is -0.364 e. The van der Waals surface area contributed by atoms with E-state index in [1.54, 1.807) is 17.6 Å². The molecule has 5 rings (SSSR count). The van der Waals surface area contributed by atoms with Gasteiger partial charge in [0.1, 0.15) is 18.1 Å². The summed E-state index contributed by atoms with van der Waals surface area (Å²) in [4.78, 5) is 10.8. The Morgan fingerprint density at radius 3 is 2.78 bits per heavy atom. The molecular formula is C22H30N5+. The molecule has 1 N–H and O–H groups in total. The number of fused-ring (bicyclic) bond motifs is 1. The maximum Gasteiger partial charge on any atom is 0.133 e. The molecule has 3 aliphatic rings. The normalized spacial score (nSPS) is 30.5. The van der Waals surface area contributed by atoms with Gasteiger partial charge in [0.05, 0.1) is 30.7 Å². The monoisotopic (exact) mass is 364 g/mol. The van der Waals surface area contributed by atoms with E-state index in [1.165, 1.54) is 48.9 Å². The number of hydrogen-bond acceptors (Lipinski definition) is 4. The molecule has 5 nitrogen and oxygen atoms in total. The van der Waals surface area contributed by atoms with Crippen LogP contribution >= 0.6 is 0 Å². The highest BCUT2D eigenvalue weighted by Gasteiger charge is 2.48. The highest BCUT2D eigenvalue weighted by Crippen LogP contribution is 2.40. The van der Waals surface area contributed by atoms with Crippen molar-refractivity contribution in [2.75, 3.05) is 31.1 Å². The number of rotatable bonds is 3. The summed E-state index contributed by atoms with van der Waals surface area (Å²) in [6.07, 6.45) is 10.6. The third-order valence-electron chi connectivity index (χ3n) is 7.22. The Balaban J connectivity index is 1.46. The Morgan fingerprint density at radius 1 is 1.15 bits per heavy atom. The van der Waals surface area contributed by atoms with E-state index >= 15 is 0 Å². The predicted octanol–water partition coefficient (Wildman–Crippen LogP) is 2.89. The van der Waals surface area contributed by atoms with Crippen molar-refractivity contribution < 1.29 is 0 Å². The molecule has 0 saturated carbocycles. The summed E-state index contributed by atoms with van der Waals surface area (Å²) in [6, 6.07) is 8.85. The highest BCUT2D eigenvalue weighted by molar-refractivity contribution is 5.54. The van der Waals surface area contributed by atoms with E-state index in [4.69, 9.17) is 0 Å². The zero-order valence-corrected chi connectivity index (χ0v) is 16.3. The van der Waals surface area contributed by atoms with Crippen LogP contribution in [0.1, 0.15) is 37.3 Å². The van der Waals surface area contributed by atoms with Gasteiger partial charge in [-0.25, -0.2) is 9.97 Å². The van der Waals surface area contributed by atoms with Crippen LogP contribution in [0.25, 0.3) is 0 Å². The third-order valence-corrected chi connectivity index (χ3v) is 7.22. The fraction of sp³-hybridized carbons (Fsp3) is 0.545. The molecule has 3 atom stereocenters. The molecule has 5 heteroatoms. The first kappa shape index (κ1) is 17.1. The summed E-state index contributed by atoms with van der Waals surface area (Å²) < 4.78 is 1.20. The van der Waals surface area contributed by atoms with Gasteiger partial charge in [0, 0.05) is 51.5 Å². The van der Waals surface area contributed by atoms with Crippen molar-refractivity contribution in [1.82, 2.24) is 19.8 Å². The second-order valence-corrected chi connectivity index (χ2v) is 8.51. The van der Waals surface area contributed by atoms with E-state index in [0.29, 0.717) is 0 Å². The van der Waals surface area contributed by atoms with Crippen LogP contribution in [-0.2, 0) is 13.0 Å². The highest BCUT2D eigenvalue weighted by atomic mass is 15.4. The van der Waals surface area contributed by atoms with Crippen molar-refractivity contribution in [2.45, 2.75) is 51.2 Å². The molecule has 4 heterocycles. The Morgan fingerprint density at radius 2 is 2.04 bits per heavy atom. The molecule has 1 aromatic carbocycles. The first-order valence-corrected chi connectivity index (χ1v) is 10.5. The van der Waals surface area contributed by atoms with Crippen molar-refractivity contribution in [3.8, 4) is 0 Å². The average Bonchev–Trinajstić information content (AvgIpc) is 3.38. The number of likely N-dealkylation sites (tertiary alicyclic amines) is 1. The van der Waals surface area contributed by atoms with Gasteiger partial charge in [0.15, 0.2) is 0 Å². The smallest absolute Gasteiger partial charge is 0.133 e. The summed E-state index contributed by atoms with van der Waals surface area (Å²) in [6.45, 7) is 8.13. The van der Waals surface area contributed by atoms with E-state index in [9.17, 15) is 0 Å². The molecule has 0 amide bonds. The van der Waals surface area contributed by atoms with Crippen LogP contribution < -0.4 is 14.7 Å². The Bertz CT molecular complexity index is 802. The Kier molecular flexibility index (Phi) is 4.37. The van der Waals surface area contributed by atoms with Gasteiger partial charge in [-0.2, -0.15) is 0 Å². The van der Waals surface area contributed by atoms with Crippen molar-refractivity contribution in [3.05, 3.63) is 48.0 Å². The molecule has 1 aromatic heterocycles. The lowest BCUT2D eigenvalue weighted by Crippen LogP contribution is -2.59. The number of hydrogen-bond donors (Lipinski definition) is 1. The van der Waals surface area contributed by atoms with Gasteiger partial charge < -0.3 is 10.2 Å². The summed E-state index contributed by atoms with van der Waals surface area (Å²) in [7, 11) is 0. The molecule has 142 valence electrons. The summed E-state index contributed by atoms with van der Waals surface area (Å²) in [5.41, 5.74) is 5.69. The zero-order chi connectivity index (χ0) is 18.3. The number of anilines is 1. The molecule has 27 heavy (non-hydrogen) atoms. The molecule has 2 saturated heterocycles. The average molecular weight is 365 g/mol. The number of benzene rings is 1. The lowest BCUT2D eigenvalue weighted by Gasteiger charge is -2.44. The SMILES string of the molecule is C[C@H]1CCC[N+]1(c1ccc2c(c1)CCN(c1cncnc1)C2)[C@H]1CCNC1. The van der Waals surface area contributed by atoms with Gasteiger partial charge in [0.2, 0.25) is 0 Å². The van der Waals surface area contributed by atoms with E-state index in [-0.39, 0.29) is 0 Å². The quantitative estimate of drug-likeness (QED) is 0.851. The van der Waals surface area contributed by atoms with Gasteiger partial charge in [-0.3, -0.25) is 4.48 Å². The van der Waals surface area contributed by atoms with Crippen LogP contribution in [0.5, 0.6) is 0 Å². The zero-order valence-electron chi connectivity index (χ0n) is 16.3. The molecule has 0 radical (unpaired) electrons. The molecular weight excluding hydrogens is 334 g/mol. The van der Waals surface area contributed by atoms with Crippen LogP contribution in [-0.4, -0.2) is 48.2 Å². The number of nitrogens with zero attached hydrogens (tertiary/aromatic N) is 4. The van der Waals surface area contributed by atoms with Crippen molar-refractivity contribution in [2.24, 2.45) is 0 Å². The van der Waals surface area contributed by atoms with Gasteiger partial charge >= 0.3 is 0 Å². The van der Waals surface area contributed by atoms with Gasteiger partial charge in [-0.15, -0.1) is 0 Å². The van der Waals surface area contributed by atoms with Crippen LogP contribution in [0.4, 0.5) is 11.4 Å². The summed E-state index contributed by atoms with van der Waals surface area (Å²) in [5, 5.41) is 3.62. The van der Waals surface area contributed by atoms with Crippen LogP contribution in [0.2, 0.25) is 0 Å². The second kappa shape index (κ2) is 6.88. The maximum atomic E-state index is 4.18. The molecule has 0 bridgehead atoms. The standard InChI is InChI=1S/C22H30N5/c1-17-3-2-10-27(17,22-6-8-23-14-22)21-5-4-19-15-26(9-7-18(19)11-21)20-12-24-16-25-13-20/h4-5,11-13,16-17,22-23H,2-3,6-10,14-15H2,1H3/q+1/t17-,22-,27?/m0/s1. The first-order valence-electron chi connectivity index (χ1n) is 10.5. The van der Waals surface area contributed by atoms with E-state index in [1.807, 2.05) is 12.4 Å². The predicted molar refractivity (Wildman–Crippen MR) is 110 cm³/mol. The largest absolute Gasteiger partial charge is 0.364 e. The number of quaternary nitrogens is 1. The van der Waals surface area contributed by atoms with Crippen molar-refractivity contribution in [3.63, 3.8) is 0 Å². The van der Waals surface area contributed by atoms with Crippen LogP contribution in [0.3, 0.4) is 0 Å². The number of nitrogens with one attached hydrogen (secondary N) is 1. The minimum atomic E-state index is 0.731. The first-order chi connectivity index (χ1) is 13.3. The molecule has 3 aliphatic heterocycles. The van der Waals surface area contributed by atoms with Crippen LogP contribution in [0.15, 0.2) is 36.9 Å². The minimum absolute atomic E-state index is 0.731. The molecule has 0 aliphatic carbocycles. The van der Waals surface area contributed by atoms with Gasteiger partial charge in [0.25, 0.3) is 0 Å². The molecule has 2 aromatic rings. The number of aromatic nitrogens is 2. The maximum absolute atomic E-state index is 4.18. The molecule has 1 unspecified atom stereocenters. The topological polar surface area (TPSA) is 41.1 Å². The van der Waals surface area contributed by atoms with Gasteiger partial charge in [-0.1, -0.05) is 6.07 Å². The molecule has 2 fully saturated rings. The summed E-state index contributed by atoms with van der Waals surface area (Å²) >= 11 is 0. The van der Waals surface area contributed by atoms with Crippen LogP contribution in [0, 0.1) is 0 Å². The van der Waals surface area contributed by atoms with E-state index < -0.39 is 0 Å². The second-order valence-electron chi connectivity index (χ2n) is 8.51. The fourth-order valence-electron chi connectivity index (χ4n) is 5.74. The fourth-order valence-corrected chi connectivity index (χ4v) is 5.74. The van der Waals surface area contributed by atoms with Crippen molar-refractivity contribution >= 4 is 11.4 Å². The van der Waals surface area contributed by atoms with Crippen molar-refractivity contribution in [1.29, 1.82) is 0 Å². The third kappa shape index (κ3) is 2.84.